The van der Waals surface area contributed by atoms with Crippen molar-refractivity contribution in [2.24, 2.45) is 5.16 Å². The van der Waals surface area contributed by atoms with Crippen molar-refractivity contribution in [3.63, 3.8) is 0 Å². The first kappa shape index (κ1) is 30.5. The van der Waals surface area contributed by atoms with Crippen molar-refractivity contribution in [3.05, 3.63) is 87.5 Å². The molecule has 224 valence electrons. The van der Waals surface area contributed by atoms with Gasteiger partial charge in [-0.1, -0.05) is 65.2 Å². The number of thiocarbonyl (C=S) groups is 1. The molecule has 1 fully saturated rings. The van der Waals surface area contributed by atoms with Gasteiger partial charge in [0.05, 0.1) is 5.02 Å². The lowest BCUT2D eigenvalue weighted by molar-refractivity contribution is -0.0619. The summed E-state index contributed by atoms with van der Waals surface area (Å²) in [5.74, 6) is -0.253. The molecule has 1 spiro atoms. The first-order valence-corrected chi connectivity index (χ1v) is 14.5. The number of amides is 2. The van der Waals surface area contributed by atoms with Crippen molar-refractivity contribution in [1.82, 2.24) is 15.6 Å². The molecule has 11 nitrogen and oxygen atoms in total. The van der Waals surface area contributed by atoms with Gasteiger partial charge in [0.1, 0.15) is 10.8 Å². The van der Waals surface area contributed by atoms with E-state index in [2.05, 4.69) is 31.4 Å². The molecule has 1 atom stereocenters. The first-order valence-electron chi connectivity index (χ1n) is 13.3. The molecule has 1 unspecified atom stereocenters. The van der Waals surface area contributed by atoms with Gasteiger partial charge in [-0.2, -0.15) is 0 Å². The zero-order valence-electron chi connectivity index (χ0n) is 22.9. The van der Waals surface area contributed by atoms with Gasteiger partial charge in [0.2, 0.25) is 0 Å². The number of nitrogens with zero attached hydrogens (tertiary/aromatic N) is 2. The smallest absolute Gasteiger partial charge is 0.414 e. The van der Waals surface area contributed by atoms with Gasteiger partial charge in [-0.25, -0.2) is 14.6 Å². The Kier molecular flexibility index (Phi) is 9.02. The van der Waals surface area contributed by atoms with E-state index < -0.39 is 23.2 Å². The third-order valence-electron chi connectivity index (χ3n) is 7.39. The summed E-state index contributed by atoms with van der Waals surface area (Å²) in [7, 11) is 0. The molecule has 5 rings (SSSR count). The SMILES string of the molecule is Cc1ccc(NC(=S)C2(c3cc(Cl)cnc3NC(=O)O)C(OC(=O)NCc3ccc(Cl)cc3)=NOC23CCNCC3)cc1. The minimum absolute atomic E-state index is 0.0637. The van der Waals surface area contributed by atoms with Gasteiger partial charge in [0.15, 0.2) is 11.0 Å². The Hall–Kier alpha value is -3.97. The van der Waals surface area contributed by atoms with Gasteiger partial charge in [0, 0.05) is 41.9 Å². The average molecular weight is 644 g/mol. The monoisotopic (exact) mass is 642 g/mol. The normalized spacial score (nSPS) is 18.7. The number of carbonyl (C=O) groups is 2. The predicted octanol–water partition coefficient (Wildman–Crippen LogP) is 5.86. The third-order valence-corrected chi connectivity index (χ3v) is 8.26. The molecule has 0 bridgehead atoms. The van der Waals surface area contributed by atoms with Crippen LogP contribution in [0.25, 0.3) is 0 Å². The Morgan fingerprint density at radius 1 is 1.07 bits per heavy atom. The molecular formula is C29H28Cl2N6O5S. The van der Waals surface area contributed by atoms with Crippen LogP contribution in [0, 0.1) is 6.92 Å². The predicted molar refractivity (Wildman–Crippen MR) is 168 cm³/mol. The zero-order chi connectivity index (χ0) is 30.6. The van der Waals surface area contributed by atoms with Gasteiger partial charge in [-0.15, -0.1) is 0 Å². The highest BCUT2D eigenvalue weighted by molar-refractivity contribution is 7.80. The highest BCUT2D eigenvalue weighted by Crippen LogP contribution is 2.52. The summed E-state index contributed by atoms with van der Waals surface area (Å²) in [5, 5.41) is 26.4. The summed E-state index contributed by atoms with van der Waals surface area (Å²) < 4.78 is 5.89. The lowest BCUT2D eigenvalue weighted by Crippen LogP contribution is -2.64. The number of aryl methyl sites for hydroxylation is 1. The van der Waals surface area contributed by atoms with Crippen LogP contribution in [0.1, 0.15) is 29.5 Å². The number of hydrogen-bond donors (Lipinski definition) is 5. The molecule has 3 aromatic rings. The first-order chi connectivity index (χ1) is 20.6. The summed E-state index contributed by atoms with van der Waals surface area (Å²) in [5.41, 5.74) is -0.130. The largest absolute Gasteiger partial charge is 0.465 e. The van der Waals surface area contributed by atoms with E-state index in [0.717, 1.165) is 11.1 Å². The minimum atomic E-state index is -1.64. The van der Waals surface area contributed by atoms with Crippen molar-refractivity contribution < 1.29 is 24.3 Å². The van der Waals surface area contributed by atoms with Crippen LogP contribution in [0.4, 0.5) is 21.1 Å². The van der Waals surface area contributed by atoms with E-state index in [0.29, 0.717) is 36.6 Å². The number of carboxylic acid groups (broad SMARTS) is 1. The van der Waals surface area contributed by atoms with E-state index in [1.165, 1.54) is 12.3 Å². The Morgan fingerprint density at radius 2 is 1.77 bits per heavy atom. The van der Waals surface area contributed by atoms with Gasteiger partial charge in [-0.3, -0.25) is 5.32 Å². The molecule has 0 aliphatic carbocycles. The zero-order valence-corrected chi connectivity index (χ0v) is 25.3. The second-order valence-electron chi connectivity index (χ2n) is 10.2. The van der Waals surface area contributed by atoms with E-state index in [4.69, 9.17) is 45.0 Å². The number of carbonyl (C=O) groups excluding carboxylic acids is 1. The molecule has 0 radical (unpaired) electrons. The maximum atomic E-state index is 13.3. The lowest BCUT2D eigenvalue weighted by Gasteiger charge is -2.45. The fraction of sp³-hybridized carbons (Fsp3) is 0.276. The molecule has 5 N–H and O–H groups in total. The summed E-state index contributed by atoms with van der Waals surface area (Å²) in [4.78, 5) is 35.7. The molecule has 1 aromatic heterocycles. The van der Waals surface area contributed by atoms with Crippen LogP contribution in [-0.2, 0) is 21.5 Å². The summed E-state index contributed by atoms with van der Waals surface area (Å²) in [6.45, 7) is 3.15. The van der Waals surface area contributed by atoms with E-state index in [1.807, 2.05) is 31.2 Å². The highest BCUT2D eigenvalue weighted by Gasteiger charge is 2.68. The fourth-order valence-electron chi connectivity index (χ4n) is 5.33. The molecule has 3 heterocycles. The van der Waals surface area contributed by atoms with E-state index in [1.54, 1.807) is 24.3 Å². The number of piperidine rings is 1. The molecule has 0 saturated carbocycles. The number of pyridine rings is 1. The lowest BCUT2D eigenvalue weighted by atomic mass is 9.63. The van der Waals surface area contributed by atoms with Gasteiger partial charge in [-0.05, 0) is 61.1 Å². The quantitative estimate of drug-likeness (QED) is 0.209. The van der Waals surface area contributed by atoms with Crippen molar-refractivity contribution in [2.45, 2.75) is 37.3 Å². The number of oxime groups is 1. The maximum Gasteiger partial charge on any atom is 0.414 e. The van der Waals surface area contributed by atoms with Crippen molar-refractivity contribution in [2.75, 3.05) is 23.7 Å². The third kappa shape index (κ3) is 6.23. The number of halogens is 2. The summed E-state index contributed by atoms with van der Waals surface area (Å²) in [6, 6.07) is 16.0. The standard InChI is InChI=1S/C29H28Cl2N6O5S/c1-17-2-8-21(9-3-17)35-25(43)29(22-14-20(31)16-33-23(22)36-26(38)39)24(37-42-28(29)10-12-32-13-11-28)41-27(40)34-15-18-4-6-19(30)7-5-18/h2-9,14,16,32H,10-13,15H2,1H3,(H,33,36)(H,34,40)(H,35,43)(H,38,39). The van der Waals surface area contributed by atoms with Crippen LogP contribution in [0.15, 0.2) is 65.9 Å². The molecule has 14 heteroatoms. The number of ether oxygens (including phenoxy) is 1. The Balaban J connectivity index is 1.61. The molecule has 1 saturated heterocycles. The van der Waals surface area contributed by atoms with Crippen molar-refractivity contribution in [3.8, 4) is 0 Å². The molecular weight excluding hydrogens is 615 g/mol. The van der Waals surface area contributed by atoms with Gasteiger partial charge in [0.25, 0.3) is 5.90 Å². The number of aromatic nitrogens is 1. The fourth-order valence-corrected chi connectivity index (χ4v) is 6.11. The number of nitrogens with one attached hydrogen (secondary N) is 4. The van der Waals surface area contributed by atoms with Gasteiger partial charge >= 0.3 is 12.2 Å². The molecule has 2 amide bonds. The average Bonchev–Trinajstić information content (AvgIpc) is 3.27. The number of benzene rings is 2. The molecule has 2 aliphatic heterocycles. The summed E-state index contributed by atoms with van der Waals surface area (Å²) in [6.07, 6.45) is -0.118. The van der Waals surface area contributed by atoms with Crippen molar-refractivity contribution in [1.29, 1.82) is 0 Å². The van der Waals surface area contributed by atoms with Crippen LogP contribution >= 0.6 is 35.4 Å². The molecule has 2 aromatic carbocycles. The number of alkyl carbamates (subject to hydrolysis) is 1. The Morgan fingerprint density at radius 3 is 2.44 bits per heavy atom. The second kappa shape index (κ2) is 12.7. The van der Waals surface area contributed by atoms with Crippen LogP contribution in [0.5, 0.6) is 0 Å². The number of hydrogen-bond acceptors (Lipinski definition) is 8. The topological polar surface area (TPSA) is 146 Å². The van der Waals surface area contributed by atoms with Gasteiger partial charge < -0.3 is 30.6 Å². The van der Waals surface area contributed by atoms with Crippen LogP contribution in [-0.4, -0.2) is 51.9 Å². The molecule has 2 aliphatic rings. The summed E-state index contributed by atoms with van der Waals surface area (Å²) >= 11 is 18.6. The van der Waals surface area contributed by atoms with Crippen LogP contribution in [0.3, 0.4) is 0 Å². The van der Waals surface area contributed by atoms with Crippen molar-refractivity contribution >= 4 is 70.0 Å². The van der Waals surface area contributed by atoms with E-state index >= 15 is 0 Å². The van der Waals surface area contributed by atoms with E-state index in [9.17, 15) is 14.7 Å². The number of anilines is 2. The minimum Gasteiger partial charge on any atom is -0.465 e. The van der Waals surface area contributed by atoms with Crippen LogP contribution in [0.2, 0.25) is 10.0 Å². The Labute approximate surface area is 262 Å². The Bertz CT molecular complexity index is 1560. The highest BCUT2D eigenvalue weighted by atomic mass is 35.5. The second-order valence-corrected chi connectivity index (χ2v) is 11.4. The number of rotatable bonds is 6. The maximum absolute atomic E-state index is 13.3. The van der Waals surface area contributed by atoms with Crippen LogP contribution < -0.4 is 21.3 Å². The molecule has 43 heavy (non-hydrogen) atoms. The van der Waals surface area contributed by atoms with E-state index in [-0.39, 0.29) is 33.8 Å².